The minimum atomic E-state index is 0.466. The number of hydrogen-bond acceptors (Lipinski definition) is 4. The second kappa shape index (κ2) is 5.40. The van der Waals surface area contributed by atoms with Gasteiger partial charge in [-0.3, -0.25) is 0 Å². The van der Waals surface area contributed by atoms with Gasteiger partial charge in [-0.25, -0.2) is 9.97 Å². The molecule has 0 spiro atoms. The monoisotopic (exact) mass is 274 g/mol. The van der Waals surface area contributed by atoms with E-state index in [1.807, 2.05) is 25.1 Å². The molecule has 5 nitrogen and oxygen atoms in total. The second-order valence-electron chi connectivity index (χ2n) is 5.74. The summed E-state index contributed by atoms with van der Waals surface area (Å²) in [7, 11) is 3.98. The van der Waals surface area contributed by atoms with E-state index < -0.39 is 0 Å². The number of hydrogen-bond donors (Lipinski definition) is 1. The zero-order chi connectivity index (χ0) is 14.1. The molecule has 1 N–H and O–H groups in total. The molecule has 0 aromatic carbocycles. The molecule has 2 aromatic heterocycles. The van der Waals surface area contributed by atoms with Gasteiger partial charge in [-0.05, 0) is 37.8 Å². The Morgan fingerprint density at radius 3 is 2.80 bits per heavy atom. The SMILES string of the molecule is CCOC1CC(Cc2nc3nc(N(C)C)ccc3[nH]2)C1. The maximum atomic E-state index is 5.60. The lowest BCUT2D eigenvalue weighted by Crippen LogP contribution is -2.32. The molecule has 0 bridgehead atoms. The van der Waals surface area contributed by atoms with Crippen molar-refractivity contribution in [1.29, 1.82) is 0 Å². The lowest BCUT2D eigenvalue weighted by Gasteiger charge is -2.34. The highest BCUT2D eigenvalue weighted by atomic mass is 16.5. The van der Waals surface area contributed by atoms with Gasteiger partial charge in [-0.15, -0.1) is 0 Å². The van der Waals surface area contributed by atoms with Gasteiger partial charge < -0.3 is 14.6 Å². The van der Waals surface area contributed by atoms with Gasteiger partial charge in [0.05, 0.1) is 11.6 Å². The Morgan fingerprint density at radius 1 is 1.30 bits per heavy atom. The van der Waals surface area contributed by atoms with Crippen LogP contribution in [-0.4, -0.2) is 41.8 Å². The van der Waals surface area contributed by atoms with Gasteiger partial charge in [0.2, 0.25) is 0 Å². The first-order valence-corrected chi connectivity index (χ1v) is 7.30. The van der Waals surface area contributed by atoms with Crippen LogP contribution in [0.5, 0.6) is 0 Å². The molecule has 0 radical (unpaired) electrons. The molecule has 20 heavy (non-hydrogen) atoms. The largest absolute Gasteiger partial charge is 0.378 e. The second-order valence-corrected chi connectivity index (χ2v) is 5.74. The van der Waals surface area contributed by atoms with E-state index in [9.17, 15) is 0 Å². The number of pyridine rings is 1. The van der Waals surface area contributed by atoms with Crippen LogP contribution in [0.3, 0.4) is 0 Å². The minimum absolute atomic E-state index is 0.466. The minimum Gasteiger partial charge on any atom is -0.378 e. The highest BCUT2D eigenvalue weighted by Gasteiger charge is 2.30. The summed E-state index contributed by atoms with van der Waals surface area (Å²) in [6.45, 7) is 2.87. The Bertz CT molecular complexity index is 587. The van der Waals surface area contributed by atoms with Crippen molar-refractivity contribution in [1.82, 2.24) is 15.0 Å². The third-order valence-corrected chi connectivity index (χ3v) is 3.92. The van der Waals surface area contributed by atoms with E-state index in [2.05, 4.69) is 27.9 Å². The smallest absolute Gasteiger partial charge is 0.179 e. The Labute approximate surface area is 119 Å². The summed E-state index contributed by atoms with van der Waals surface area (Å²) in [5.41, 5.74) is 1.83. The molecular formula is C15H22N4O. The maximum Gasteiger partial charge on any atom is 0.179 e. The third-order valence-electron chi connectivity index (χ3n) is 3.92. The van der Waals surface area contributed by atoms with Gasteiger partial charge in [0.1, 0.15) is 11.6 Å². The fourth-order valence-corrected chi connectivity index (χ4v) is 2.76. The van der Waals surface area contributed by atoms with Gasteiger partial charge in [-0.1, -0.05) is 0 Å². The van der Waals surface area contributed by atoms with Crippen LogP contribution in [0.4, 0.5) is 5.82 Å². The molecule has 0 aliphatic heterocycles. The summed E-state index contributed by atoms with van der Waals surface area (Å²) >= 11 is 0. The predicted molar refractivity (Wildman–Crippen MR) is 80.1 cm³/mol. The molecule has 0 unspecified atom stereocenters. The molecule has 2 heterocycles. The van der Waals surface area contributed by atoms with Crippen LogP contribution in [0.25, 0.3) is 11.2 Å². The lowest BCUT2D eigenvalue weighted by atomic mass is 9.80. The number of H-pyrrole nitrogens is 1. The van der Waals surface area contributed by atoms with E-state index in [1.54, 1.807) is 0 Å². The highest BCUT2D eigenvalue weighted by Crippen LogP contribution is 2.32. The average Bonchev–Trinajstić information content (AvgIpc) is 2.77. The van der Waals surface area contributed by atoms with Gasteiger partial charge >= 0.3 is 0 Å². The summed E-state index contributed by atoms with van der Waals surface area (Å²) in [6.07, 6.45) is 3.77. The first kappa shape index (κ1) is 13.4. The third kappa shape index (κ3) is 2.63. The fraction of sp³-hybridized carbons (Fsp3) is 0.600. The molecule has 5 heteroatoms. The van der Waals surface area contributed by atoms with Crippen LogP contribution >= 0.6 is 0 Å². The topological polar surface area (TPSA) is 54.0 Å². The van der Waals surface area contributed by atoms with Crippen LogP contribution in [-0.2, 0) is 11.2 Å². The van der Waals surface area contributed by atoms with Crippen LogP contribution < -0.4 is 4.90 Å². The van der Waals surface area contributed by atoms with E-state index in [-0.39, 0.29) is 0 Å². The number of aromatic nitrogens is 3. The van der Waals surface area contributed by atoms with Crippen molar-refractivity contribution in [3.63, 3.8) is 0 Å². The fourth-order valence-electron chi connectivity index (χ4n) is 2.76. The van der Waals surface area contributed by atoms with Crippen molar-refractivity contribution in [2.45, 2.75) is 32.3 Å². The van der Waals surface area contributed by atoms with Gasteiger partial charge in [-0.2, -0.15) is 0 Å². The van der Waals surface area contributed by atoms with Crippen molar-refractivity contribution in [3.8, 4) is 0 Å². The molecule has 0 atom stereocenters. The molecule has 1 fully saturated rings. The number of aromatic amines is 1. The number of rotatable bonds is 5. The summed E-state index contributed by atoms with van der Waals surface area (Å²) in [5, 5.41) is 0. The van der Waals surface area contributed by atoms with E-state index in [0.717, 1.165) is 48.7 Å². The van der Waals surface area contributed by atoms with Crippen molar-refractivity contribution in [2.24, 2.45) is 5.92 Å². The van der Waals surface area contributed by atoms with Gasteiger partial charge in [0.25, 0.3) is 0 Å². The Morgan fingerprint density at radius 2 is 2.10 bits per heavy atom. The number of nitrogens with zero attached hydrogens (tertiary/aromatic N) is 3. The first-order valence-electron chi connectivity index (χ1n) is 7.30. The number of nitrogens with one attached hydrogen (secondary N) is 1. The Kier molecular flexibility index (Phi) is 3.61. The maximum absolute atomic E-state index is 5.60. The Balaban J connectivity index is 1.67. The van der Waals surface area contributed by atoms with Crippen LogP contribution in [0.1, 0.15) is 25.6 Å². The number of anilines is 1. The molecule has 3 rings (SSSR count). The Hall–Kier alpha value is -1.62. The zero-order valence-corrected chi connectivity index (χ0v) is 12.4. The number of fused-ring (bicyclic) bond motifs is 1. The van der Waals surface area contributed by atoms with Crippen molar-refractivity contribution in [2.75, 3.05) is 25.6 Å². The number of imidazole rings is 1. The molecule has 108 valence electrons. The van der Waals surface area contributed by atoms with Gasteiger partial charge in [0, 0.05) is 27.1 Å². The molecule has 2 aromatic rings. The van der Waals surface area contributed by atoms with Crippen molar-refractivity contribution < 1.29 is 4.74 Å². The van der Waals surface area contributed by atoms with Crippen LogP contribution in [0.15, 0.2) is 12.1 Å². The van der Waals surface area contributed by atoms with E-state index in [0.29, 0.717) is 12.0 Å². The van der Waals surface area contributed by atoms with Crippen molar-refractivity contribution >= 4 is 17.0 Å². The van der Waals surface area contributed by atoms with Gasteiger partial charge in [0.15, 0.2) is 5.65 Å². The molecule has 1 aliphatic rings. The zero-order valence-electron chi connectivity index (χ0n) is 12.4. The summed E-state index contributed by atoms with van der Waals surface area (Å²) in [6, 6.07) is 4.07. The normalized spacial score (nSPS) is 21.9. The van der Waals surface area contributed by atoms with E-state index >= 15 is 0 Å². The first-order chi connectivity index (χ1) is 9.65. The van der Waals surface area contributed by atoms with Crippen LogP contribution in [0, 0.1) is 5.92 Å². The molecule has 0 saturated heterocycles. The van der Waals surface area contributed by atoms with E-state index in [4.69, 9.17) is 4.74 Å². The highest BCUT2D eigenvalue weighted by molar-refractivity contribution is 5.73. The van der Waals surface area contributed by atoms with Crippen LogP contribution in [0.2, 0.25) is 0 Å². The average molecular weight is 274 g/mol. The quantitative estimate of drug-likeness (QED) is 0.909. The molecule has 1 aliphatic carbocycles. The molecule has 0 amide bonds. The summed E-state index contributed by atoms with van der Waals surface area (Å²) in [4.78, 5) is 14.5. The summed E-state index contributed by atoms with van der Waals surface area (Å²) in [5.74, 6) is 2.68. The molecule has 1 saturated carbocycles. The lowest BCUT2D eigenvalue weighted by molar-refractivity contribution is -0.0244. The van der Waals surface area contributed by atoms with Crippen molar-refractivity contribution in [3.05, 3.63) is 18.0 Å². The summed E-state index contributed by atoms with van der Waals surface area (Å²) < 4.78 is 5.60. The standard InChI is InChI=1S/C15H22N4O/c1-4-20-11-7-10(8-11)9-13-16-12-5-6-14(19(2)3)18-15(12)17-13/h5-6,10-11H,4,7-9H2,1-3H3,(H,16,17,18). The van der Waals surface area contributed by atoms with E-state index in [1.165, 1.54) is 0 Å². The predicted octanol–water partition coefficient (Wildman–Crippen LogP) is 2.38. The number of ether oxygens (including phenoxy) is 1. The molecular weight excluding hydrogens is 252 g/mol.